The summed E-state index contributed by atoms with van der Waals surface area (Å²) in [6.07, 6.45) is 2.79. The molecule has 7 nitrogen and oxygen atoms in total. The average Bonchev–Trinajstić information content (AvgIpc) is 3.21. The molecule has 0 radical (unpaired) electrons. The number of nitrogens with zero attached hydrogens (tertiary/aromatic N) is 3. The summed E-state index contributed by atoms with van der Waals surface area (Å²) in [5.41, 5.74) is 2.27. The van der Waals surface area contributed by atoms with E-state index in [1.54, 1.807) is 33.8 Å². The van der Waals surface area contributed by atoms with E-state index in [0.717, 1.165) is 35.9 Å². The lowest BCUT2D eigenvalue weighted by molar-refractivity contribution is 0.0600. The van der Waals surface area contributed by atoms with Crippen LogP contribution in [0, 0.1) is 0 Å². The molecule has 0 spiro atoms. The normalized spacial score (nSPS) is 13.3. The van der Waals surface area contributed by atoms with E-state index in [4.69, 9.17) is 33.0 Å². The van der Waals surface area contributed by atoms with Gasteiger partial charge < -0.3 is 10.1 Å². The second-order valence-corrected chi connectivity index (χ2v) is 9.14. The number of hydrogen-bond acceptors (Lipinski definition) is 4. The van der Waals surface area contributed by atoms with Gasteiger partial charge in [-0.05, 0) is 73.9 Å². The largest absolute Gasteiger partial charge is 0.465 e. The minimum Gasteiger partial charge on any atom is -0.465 e. The topological polar surface area (TPSA) is 76.5 Å². The van der Waals surface area contributed by atoms with Crippen molar-refractivity contribution in [3.05, 3.63) is 82.3 Å². The van der Waals surface area contributed by atoms with E-state index in [9.17, 15) is 9.59 Å². The van der Waals surface area contributed by atoms with E-state index in [2.05, 4.69) is 5.32 Å². The Bertz CT molecular complexity index is 1410. The Hall–Kier alpha value is -3.55. The first-order valence-corrected chi connectivity index (χ1v) is 11.9. The smallest absolute Gasteiger partial charge is 0.337 e. The number of amides is 2. The third-order valence-electron chi connectivity index (χ3n) is 6.14. The van der Waals surface area contributed by atoms with Gasteiger partial charge in [-0.2, -0.15) is 5.10 Å². The SMILES string of the molecule is COC(=O)c1ccc(NC(=O)N(c2c3ccccc3nn2-c2ccc(Cl)cc2)C2CCC2)c(Cl)c1. The van der Waals surface area contributed by atoms with E-state index < -0.39 is 5.97 Å². The van der Waals surface area contributed by atoms with Crippen LogP contribution < -0.4 is 10.2 Å². The average molecular weight is 509 g/mol. The Labute approximate surface area is 212 Å². The van der Waals surface area contributed by atoms with Crippen LogP contribution >= 0.6 is 23.2 Å². The van der Waals surface area contributed by atoms with Gasteiger partial charge in [-0.3, -0.25) is 4.90 Å². The molecule has 0 saturated heterocycles. The summed E-state index contributed by atoms with van der Waals surface area (Å²) in [6, 6.07) is 19.4. The predicted octanol–water partition coefficient (Wildman–Crippen LogP) is 6.71. The number of carbonyl (C=O) groups excluding carboxylic acids is 2. The van der Waals surface area contributed by atoms with Crippen molar-refractivity contribution >= 4 is 57.6 Å². The zero-order valence-corrected chi connectivity index (χ0v) is 20.4. The minimum atomic E-state index is -0.501. The van der Waals surface area contributed by atoms with Crippen LogP contribution in [0.4, 0.5) is 16.3 Å². The molecular weight excluding hydrogens is 487 g/mol. The van der Waals surface area contributed by atoms with Crippen molar-refractivity contribution in [2.24, 2.45) is 0 Å². The summed E-state index contributed by atoms with van der Waals surface area (Å²) in [6.45, 7) is 0. The van der Waals surface area contributed by atoms with E-state index in [-0.39, 0.29) is 17.1 Å². The first-order chi connectivity index (χ1) is 17.0. The molecule has 0 unspecified atom stereocenters. The molecule has 35 heavy (non-hydrogen) atoms. The highest BCUT2D eigenvalue weighted by atomic mass is 35.5. The number of ether oxygens (including phenoxy) is 1. The molecule has 1 aliphatic carbocycles. The van der Waals surface area contributed by atoms with Crippen LogP contribution in [0.1, 0.15) is 29.6 Å². The predicted molar refractivity (Wildman–Crippen MR) is 138 cm³/mol. The van der Waals surface area contributed by atoms with Crippen LogP contribution in [0.15, 0.2) is 66.7 Å². The van der Waals surface area contributed by atoms with E-state index in [1.807, 2.05) is 36.4 Å². The summed E-state index contributed by atoms with van der Waals surface area (Å²) in [5.74, 6) is 0.173. The van der Waals surface area contributed by atoms with Crippen molar-refractivity contribution in [1.82, 2.24) is 9.78 Å². The second-order valence-electron chi connectivity index (χ2n) is 8.30. The van der Waals surface area contributed by atoms with Crippen molar-refractivity contribution in [2.75, 3.05) is 17.3 Å². The quantitative estimate of drug-likeness (QED) is 0.304. The van der Waals surface area contributed by atoms with Crippen molar-refractivity contribution in [3.8, 4) is 5.69 Å². The van der Waals surface area contributed by atoms with Crippen LogP contribution in [-0.4, -0.2) is 34.9 Å². The van der Waals surface area contributed by atoms with Crippen LogP contribution in [0.2, 0.25) is 10.0 Å². The number of nitrogens with one attached hydrogen (secondary N) is 1. The van der Waals surface area contributed by atoms with Crippen LogP contribution in [0.5, 0.6) is 0 Å². The van der Waals surface area contributed by atoms with Gasteiger partial charge in [0, 0.05) is 16.5 Å². The number of anilines is 2. The lowest BCUT2D eigenvalue weighted by Crippen LogP contribution is -2.47. The summed E-state index contributed by atoms with van der Waals surface area (Å²) in [4.78, 5) is 27.3. The van der Waals surface area contributed by atoms with Gasteiger partial charge in [-0.1, -0.05) is 35.3 Å². The first-order valence-electron chi connectivity index (χ1n) is 11.2. The fourth-order valence-corrected chi connectivity index (χ4v) is 4.48. The van der Waals surface area contributed by atoms with Gasteiger partial charge in [-0.15, -0.1) is 0 Å². The standard InChI is InChI=1S/C26H22Cl2N4O3/c1-35-25(33)16-9-14-23(21(28)15-16)29-26(34)31(18-5-4-6-18)24-20-7-2-3-8-22(20)30-32(24)19-12-10-17(27)11-13-19/h2-3,7-15,18H,4-6H2,1H3,(H,29,34). The molecule has 178 valence electrons. The molecule has 2 amide bonds. The molecule has 1 fully saturated rings. The van der Waals surface area contributed by atoms with Crippen LogP contribution in [0.25, 0.3) is 16.6 Å². The molecule has 5 rings (SSSR count). The fraction of sp³-hybridized carbons (Fsp3) is 0.192. The number of hydrogen-bond donors (Lipinski definition) is 1. The molecule has 1 aromatic heterocycles. The lowest BCUT2D eigenvalue weighted by Gasteiger charge is -2.37. The Balaban J connectivity index is 1.57. The molecule has 1 saturated carbocycles. The molecular formula is C26H22Cl2N4O3. The van der Waals surface area contributed by atoms with Crippen molar-refractivity contribution in [3.63, 3.8) is 0 Å². The number of rotatable bonds is 5. The zero-order valence-electron chi connectivity index (χ0n) is 18.9. The molecule has 4 aromatic rings. The van der Waals surface area contributed by atoms with Crippen LogP contribution in [0.3, 0.4) is 0 Å². The molecule has 1 heterocycles. The number of fused-ring (bicyclic) bond motifs is 1. The van der Waals surface area contributed by atoms with Crippen molar-refractivity contribution in [1.29, 1.82) is 0 Å². The summed E-state index contributed by atoms with van der Waals surface area (Å²) in [7, 11) is 1.30. The highest BCUT2D eigenvalue weighted by Gasteiger charge is 2.34. The highest BCUT2D eigenvalue weighted by molar-refractivity contribution is 6.34. The van der Waals surface area contributed by atoms with Crippen molar-refractivity contribution < 1.29 is 14.3 Å². The molecule has 1 N–H and O–H groups in total. The second kappa shape index (κ2) is 9.60. The third-order valence-corrected chi connectivity index (χ3v) is 6.71. The van der Waals surface area contributed by atoms with E-state index >= 15 is 0 Å². The molecule has 0 bridgehead atoms. The van der Waals surface area contributed by atoms with Gasteiger partial charge in [0.2, 0.25) is 0 Å². The minimum absolute atomic E-state index is 0.00859. The Morgan fingerprint density at radius 1 is 1.06 bits per heavy atom. The maximum atomic E-state index is 13.8. The number of methoxy groups -OCH3 is 1. The monoisotopic (exact) mass is 508 g/mol. The van der Waals surface area contributed by atoms with E-state index in [1.165, 1.54) is 13.2 Å². The maximum Gasteiger partial charge on any atom is 0.337 e. The molecule has 0 atom stereocenters. The fourth-order valence-electron chi connectivity index (χ4n) is 4.13. The van der Waals surface area contributed by atoms with Gasteiger partial charge in [0.15, 0.2) is 0 Å². The third kappa shape index (κ3) is 4.45. The van der Waals surface area contributed by atoms with Gasteiger partial charge in [0.25, 0.3) is 0 Å². The Kier molecular flexibility index (Phi) is 6.36. The number of aromatic nitrogens is 2. The van der Waals surface area contributed by atoms with Gasteiger partial charge in [0.05, 0.1) is 34.6 Å². The lowest BCUT2D eigenvalue weighted by atomic mass is 9.91. The van der Waals surface area contributed by atoms with E-state index in [0.29, 0.717) is 22.1 Å². The van der Waals surface area contributed by atoms with Gasteiger partial charge in [0.1, 0.15) is 5.82 Å². The summed E-state index contributed by atoms with van der Waals surface area (Å²) < 4.78 is 6.52. The Morgan fingerprint density at radius 3 is 2.46 bits per heavy atom. The number of benzene rings is 3. The van der Waals surface area contributed by atoms with Crippen molar-refractivity contribution in [2.45, 2.75) is 25.3 Å². The number of urea groups is 1. The summed E-state index contributed by atoms with van der Waals surface area (Å²) in [5, 5.41) is 9.44. The summed E-state index contributed by atoms with van der Waals surface area (Å²) >= 11 is 12.5. The first kappa shape index (κ1) is 23.2. The number of halogens is 2. The Morgan fingerprint density at radius 2 is 1.80 bits per heavy atom. The highest BCUT2D eigenvalue weighted by Crippen LogP contribution is 2.37. The van der Waals surface area contributed by atoms with Gasteiger partial charge >= 0.3 is 12.0 Å². The molecule has 3 aromatic carbocycles. The van der Waals surface area contributed by atoms with Crippen LogP contribution in [-0.2, 0) is 4.74 Å². The molecule has 1 aliphatic rings. The van der Waals surface area contributed by atoms with Gasteiger partial charge in [-0.25, -0.2) is 14.3 Å². The number of carbonyl (C=O) groups is 2. The molecule has 0 aliphatic heterocycles. The maximum absolute atomic E-state index is 13.8. The number of esters is 1. The molecule has 9 heteroatoms. The zero-order chi connectivity index (χ0) is 24.5.